The summed E-state index contributed by atoms with van der Waals surface area (Å²) in [5.74, 6) is 1.07. The van der Waals surface area contributed by atoms with Crippen molar-refractivity contribution < 1.29 is 0 Å². The van der Waals surface area contributed by atoms with Gasteiger partial charge in [0.25, 0.3) is 0 Å². The lowest BCUT2D eigenvalue weighted by atomic mass is 10.1. The van der Waals surface area contributed by atoms with Crippen molar-refractivity contribution in [3.63, 3.8) is 0 Å². The van der Waals surface area contributed by atoms with E-state index in [-0.39, 0.29) is 0 Å². The van der Waals surface area contributed by atoms with Crippen molar-refractivity contribution in [3.05, 3.63) is 0 Å². The summed E-state index contributed by atoms with van der Waals surface area (Å²) < 4.78 is 0. The summed E-state index contributed by atoms with van der Waals surface area (Å²) in [7, 11) is 0. The number of nitrogens with zero attached hydrogens (tertiary/aromatic N) is 2. The zero-order valence-electron chi connectivity index (χ0n) is 10.7. The van der Waals surface area contributed by atoms with Crippen molar-refractivity contribution >= 4 is 0 Å². The van der Waals surface area contributed by atoms with Crippen LogP contribution in [0.3, 0.4) is 0 Å². The van der Waals surface area contributed by atoms with Crippen LogP contribution in [0.15, 0.2) is 0 Å². The first kappa shape index (κ1) is 12.3. The quantitative estimate of drug-likeness (QED) is 0.736. The molecular formula is C13H27N3. The normalized spacial score (nSPS) is 25.9. The van der Waals surface area contributed by atoms with Crippen LogP contribution in [-0.4, -0.2) is 55.1 Å². The molecule has 0 amide bonds. The molecule has 3 nitrogen and oxygen atoms in total. The van der Waals surface area contributed by atoms with Gasteiger partial charge in [-0.25, -0.2) is 0 Å². The van der Waals surface area contributed by atoms with Crippen molar-refractivity contribution in [1.82, 2.24) is 9.80 Å². The van der Waals surface area contributed by atoms with E-state index in [1.807, 2.05) is 0 Å². The number of piperazine rings is 1. The van der Waals surface area contributed by atoms with Crippen LogP contribution in [0.1, 0.15) is 32.6 Å². The molecule has 2 rings (SSSR count). The van der Waals surface area contributed by atoms with E-state index in [9.17, 15) is 0 Å². The summed E-state index contributed by atoms with van der Waals surface area (Å²) in [5, 5.41) is 0. The Balaban J connectivity index is 1.64. The van der Waals surface area contributed by atoms with Crippen molar-refractivity contribution in [2.75, 3.05) is 39.3 Å². The lowest BCUT2D eigenvalue weighted by molar-refractivity contribution is 0.0952. The summed E-state index contributed by atoms with van der Waals surface area (Å²) in [5.41, 5.74) is 5.80. The molecule has 3 heteroatoms. The molecule has 1 aliphatic carbocycles. The molecule has 94 valence electrons. The molecule has 0 radical (unpaired) electrons. The highest BCUT2D eigenvalue weighted by molar-refractivity contribution is 4.80. The standard InChI is InChI=1S/C13H27N3/c1-2-13(11-14)16-9-7-15(8-10-16)6-5-12-3-4-12/h12-13H,2-11,14H2,1H3. The first-order valence-electron chi connectivity index (χ1n) is 7.00. The second-order valence-electron chi connectivity index (χ2n) is 5.41. The minimum Gasteiger partial charge on any atom is -0.329 e. The molecule has 1 aliphatic heterocycles. The maximum Gasteiger partial charge on any atom is 0.0216 e. The third-order valence-electron chi connectivity index (χ3n) is 4.22. The van der Waals surface area contributed by atoms with Crippen LogP contribution in [0.2, 0.25) is 0 Å². The molecule has 0 spiro atoms. The monoisotopic (exact) mass is 225 g/mol. The highest BCUT2D eigenvalue weighted by Gasteiger charge is 2.25. The highest BCUT2D eigenvalue weighted by Crippen LogP contribution is 2.32. The predicted octanol–water partition coefficient (Wildman–Crippen LogP) is 1.14. The van der Waals surface area contributed by atoms with Crippen molar-refractivity contribution in [2.24, 2.45) is 11.7 Å². The van der Waals surface area contributed by atoms with Gasteiger partial charge in [-0.2, -0.15) is 0 Å². The Kier molecular flexibility index (Phi) is 4.62. The molecule has 16 heavy (non-hydrogen) atoms. The average molecular weight is 225 g/mol. The van der Waals surface area contributed by atoms with Crippen LogP contribution in [0.4, 0.5) is 0 Å². The molecular weight excluding hydrogens is 198 g/mol. The van der Waals surface area contributed by atoms with Gasteiger partial charge in [0.05, 0.1) is 0 Å². The average Bonchev–Trinajstić information content (AvgIpc) is 3.13. The first-order valence-corrected chi connectivity index (χ1v) is 7.00. The number of nitrogens with two attached hydrogens (primary N) is 1. The van der Waals surface area contributed by atoms with E-state index in [4.69, 9.17) is 5.73 Å². The van der Waals surface area contributed by atoms with E-state index in [1.54, 1.807) is 0 Å². The highest BCUT2D eigenvalue weighted by atomic mass is 15.3. The number of hydrogen-bond donors (Lipinski definition) is 1. The molecule has 0 bridgehead atoms. The van der Waals surface area contributed by atoms with Crippen LogP contribution >= 0.6 is 0 Å². The molecule has 0 aromatic carbocycles. The van der Waals surface area contributed by atoms with E-state index >= 15 is 0 Å². The molecule has 1 atom stereocenters. The van der Waals surface area contributed by atoms with Gasteiger partial charge in [-0.15, -0.1) is 0 Å². The summed E-state index contributed by atoms with van der Waals surface area (Å²) in [6.45, 7) is 9.35. The smallest absolute Gasteiger partial charge is 0.0216 e. The lowest BCUT2D eigenvalue weighted by Crippen LogP contribution is -2.52. The molecule has 1 unspecified atom stereocenters. The minimum absolute atomic E-state index is 0.616. The Morgan fingerprint density at radius 3 is 2.38 bits per heavy atom. The zero-order chi connectivity index (χ0) is 11.4. The van der Waals surface area contributed by atoms with Crippen molar-refractivity contribution in [2.45, 2.75) is 38.6 Å². The van der Waals surface area contributed by atoms with Gasteiger partial charge in [-0.3, -0.25) is 4.90 Å². The van der Waals surface area contributed by atoms with E-state index in [0.717, 1.165) is 12.5 Å². The molecule has 0 aromatic heterocycles. The Labute approximate surface area is 100.0 Å². The molecule has 2 fully saturated rings. The maximum absolute atomic E-state index is 5.80. The van der Waals surface area contributed by atoms with Crippen LogP contribution in [0.5, 0.6) is 0 Å². The summed E-state index contributed by atoms with van der Waals surface area (Å²) in [4.78, 5) is 5.21. The third kappa shape index (κ3) is 3.44. The number of rotatable bonds is 6. The van der Waals surface area contributed by atoms with E-state index in [2.05, 4.69) is 16.7 Å². The fourth-order valence-electron chi connectivity index (χ4n) is 2.70. The molecule has 1 saturated carbocycles. The maximum atomic E-state index is 5.80. The van der Waals surface area contributed by atoms with Gasteiger partial charge in [0.15, 0.2) is 0 Å². The SMILES string of the molecule is CCC(CN)N1CCN(CCC2CC2)CC1. The Morgan fingerprint density at radius 2 is 1.88 bits per heavy atom. The Morgan fingerprint density at radius 1 is 1.19 bits per heavy atom. The molecule has 2 N–H and O–H groups in total. The van der Waals surface area contributed by atoms with Gasteiger partial charge in [0.1, 0.15) is 0 Å². The molecule has 1 heterocycles. The van der Waals surface area contributed by atoms with Crippen LogP contribution in [0.25, 0.3) is 0 Å². The van der Waals surface area contributed by atoms with Crippen LogP contribution in [-0.2, 0) is 0 Å². The zero-order valence-corrected chi connectivity index (χ0v) is 10.7. The summed E-state index contributed by atoms with van der Waals surface area (Å²) in [6.07, 6.45) is 5.61. The minimum atomic E-state index is 0.616. The van der Waals surface area contributed by atoms with Gasteiger partial charge in [-0.1, -0.05) is 19.8 Å². The van der Waals surface area contributed by atoms with Crippen molar-refractivity contribution in [3.8, 4) is 0 Å². The van der Waals surface area contributed by atoms with Gasteiger partial charge < -0.3 is 10.6 Å². The molecule has 0 aromatic rings. The fraction of sp³-hybridized carbons (Fsp3) is 1.00. The molecule has 2 aliphatic rings. The number of hydrogen-bond acceptors (Lipinski definition) is 3. The van der Waals surface area contributed by atoms with Gasteiger partial charge in [0.2, 0.25) is 0 Å². The van der Waals surface area contributed by atoms with E-state index in [0.29, 0.717) is 6.04 Å². The predicted molar refractivity (Wildman–Crippen MR) is 68.5 cm³/mol. The first-order chi connectivity index (χ1) is 7.83. The van der Waals surface area contributed by atoms with Gasteiger partial charge in [0, 0.05) is 38.8 Å². The second kappa shape index (κ2) is 5.99. The Bertz CT molecular complexity index is 191. The second-order valence-corrected chi connectivity index (χ2v) is 5.41. The summed E-state index contributed by atoms with van der Waals surface area (Å²) >= 11 is 0. The Hall–Kier alpha value is -0.120. The van der Waals surface area contributed by atoms with Gasteiger partial charge >= 0.3 is 0 Å². The lowest BCUT2D eigenvalue weighted by Gasteiger charge is -2.38. The largest absolute Gasteiger partial charge is 0.329 e. The van der Waals surface area contributed by atoms with Gasteiger partial charge in [-0.05, 0) is 25.3 Å². The van der Waals surface area contributed by atoms with Crippen LogP contribution < -0.4 is 5.73 Å². The summed E-state index contributed by atoms with van der Waals surface area (Å²) in [6, 6.07) is 0.616. The van der Waals surface area contributed by atoms with Crippen molar-refractivity contribution in [1.29, 1.82) is 0 Å². The topological polar surface area (TPSA) is 32.5 Å². The van der Waals surface area contributed by atoms with E-state index in [1.165, 1.54) is 58.4 Å². The van der Waals surface area contributed by atoms with Crippen LogP contribution in [0, 0.1) is 5.92 Å². The molecule has 1 saturated heterocycles. The fourth-order valence-corrected chi connectivity index (χ4v) is 2.70. The third-order valence-corrected chi connectivity index (χ3v) is 4.22. The van der Waals surface area contributed by atoms with E-state index < -0.39 is 0 Å².